The van der Waals surface area contributed by atoms with Gasteiger partial charge in [0.2, 0.25) is 0 Å². The third-order valence-electron chi connectivity index (χ3n) is 4.86. The Labute approximate surface area is 129 Å². The van der Waals surface area contributed by atoms with Gasteiger partial charge in [-0.1, -0.05) is 52.9 Å². The molecule has 0 amide bonds. The van der Waals surface area contributed by atoms with Crippen LogP contribution in [0.2, 0.25) is 5.02 Å². The van der Waals surface area contributed by atoms with Crippen molar-refractivity contribution in [2.45, 2.75) is 43.9 Å². The molecule has 0 unspecified atom stereocenters. The van der Waals surface area contributed by atoms with Crippen LogP contribution in [0.1, 0.15) is 44.1 Å². The summed E-state index contributed by atoms with van der Waals surface area (Å²) >= 11 is 9.94. The standard InChI is InChI=1S/C16H21BrClN/c17-11-13-4-5-15(14(18)10-13)19-9-8-16(12-19)6-2-1-3-7-16/h4-5,10H,1-3,6-9,11-12H2. The molecular weight excluding hydrogens is 322 g/mol. The van der Waals surface area contributed by atoms with Gasteiger partial charge in [-0.05, 0) is 42.4 Å². The Morgan fingerprint density at radius 2 is 1.95 bits per heavy atom. The van der Waals surface area contributed by atoms with E-state index >= 15 is 0 Å². The molecule has 1 aromatic carbocycles. The van der Waals surface area contributed by atoms with Crippen LogP contribution in [0.5, 0.6) is 0 Å². The monoisotopic (exact) mass is 341 g/mol. The second kappa shape index (κ2) is 5.65. The fourth-order valence-electron chi connectivity index (χ4n) is 3.74. The van der Waals surface area contributed by atoms with Crippen molar-refractivity contribution in [2.24, 2.45) is 5.41 Å². The molecular formula is C16H21BrClN. The summed E-state index contributed by atoms with van der Waals surface area (Å²) in [5.74, 6) is 0. The van der Waals surface area contributed by atoms with E-state index in [4.69, 9.17) is 11.6 Å². The molecule has 104 valence electrons. The fraction of sp³-hybridized carbons (Fsp3) is 0.625. The van der Waals surface area contributed by atoms with Gasteiger partial charge in [0, 0.05) is 18.4 Å². The van der Waals surface area contributed by atoms with Gasteiger partial charge < -0.3 is 4.90 Å². The minimum atomic E-state index is 0.593. The van der Waals surface area contributed by atoms with Crippen LogP contribution in [-0.4, -0.2) is 13.1 Å². The molecule has 0 aromatic heterocycles. The molecule has 1 aliphatic heterocycles. The van der Waals surface area contributed by atoms with Gasteiger partial charge in [0.15, 0.2) is 0 Å². The first-order valence-corrected chi connectivity index (χ1v) is 8.82. The van der Waals surface area contributed by atoms with E-state index in [0.29, 0.717) is 5.41 Å². The van der Waals surface area contributed by atoms with Crippen molar-refractivity contribution < 1.29 is 0 Å². The molecule has 3 rings (SSSR count). The van der Waals surface area contributed by atoms with E-state index in [1.165, 1.54) is 62.9 Å². The third-order valence-corrected chi connectivity index (χ3v) is 5.81. The van der Waals surface area contributed by atoms with Gasteiger partial charge >= 0.3 is 0 Å². The number of anilines is 1. The van der Waals surface area contributed by atoms with Crippen LogP contribution < -0.4 is 4.90 Å². The highest BCUT2D eigenvalue weighted by Gasteiger charge is 2.39. The lowest BCUT2D eigenvalue weighted by Gasteiger charge is -2.33. The zero-order valence-corrected chi connectivity index (χ0v) is 13.6. The Morgan fingerprint density at radius 1 is 1.16 bits per heavy atom. The molecule has 1 aromatic rings. The largest absolute Gasteiger partial charge is 0.370 e. The zero-order valence-electron chi connectivity index (χ0n) is 11.3. The van der Waals surface area contributed by atoms with Crippen molar-refractivity contribution in [1.82, 2.24) is 0 Å². The van der Waals surface area contributed by atoms with E-state index in [-0.39, 0.29) is 0 Å². The Kier molecular flexibility index (Phi) is 4.09. The first-order chi connectivity index (χ1) is 9.22. The lowest BCUT2D eigenvalue weighted by molar-refractivity contribution is 0.219. The van der Waals surface area contributed by atoms with Crippen molar-refractivity contribution in [3.63, 3.8) is 0 Å². The summed E-state index contributed by atoms with van der Waals surface area (Å²) in [7, 11) is 0. The van der Waals surface area contributed by atoms with Crippen LogP contribution in [0.25, 0.3) is 0 Å². The van der Waals surface area contributed by atoms with Gasteiger partial charge in [-0.15, -0.1) is 0 Å². The molecule has 2 fully saturated rings. The topological polar surface area (TPSA) is 3.24 Å². The Morgan fingerprint density at radius 3 is 2.63 bits per heavy atom. The first kappa shape index (κ1) is 13.8. The normalized spacial score (nSPS) is 22.1. The summed E-state index contributed by atoms with van der Waals surface area (Å²) in [5, 5.41) is 1.78. The average Bonchev–Trinajstić information content (AvgIpc) is 2.83. The number of nitrogens with zero attached hydrogens (tertiary/aromatic N) is 1. The van der Waals surface area contributed by atoms with Crippen molar-refractivity contribution in [2.75, 3.05) is 18.0 Å². The van der Waals surface area contributed by atoms with Gasteiger partial charge in [-0.3, -0.25) is 0 Å². The number of benzene rings is 1. The molecule has 0 atom stereocenters. The smallest absolute Gasteiger partial charge is 0.0642 e. The van der Waals surface area contributed by atoms with Crippen LogP contribution in [0.3, 0.4) is 0 Å². The van der Waals surface area contributed by atoms with E-state index in [2.05, 4.69) is 39.0 Å². The SMILES string of the molecule is Clc1cc(CBr)ccc1N1CCC2(CCCCC2)C1. The Bertz CT molecular complexity index is 454. The molecule has 1 heterocycles. The third kappa shape index (κ3) is 2.80. The maximum atomic E-state index is 6.45. The van der Waals surface area contributed by atoms with Crippen molar-refractivity contribution in [1.29, 1.82) is 0 Å². The van der Waals surface area contributed by atoms with Gasteiger partial charge in [-0.25, -0.2) is 0 Å². The minimum absolute atomic E-state index is 0.593. The summed E-state index contributed by atoms with van der Waals surface area (Å²) in [6.07, 6.45) is 8.46. The van der Waals surface area contributed by atoms with Crippen LogP contribution in [0, 0.1) is 5.41 Å². The quantitative estimate of drug-likeness (QED) is 0.651. The molecule has 0 N–H and O–H groups in total. The van der Waals surface area contributed by atoms with Gasteiger partial charge in [-0.2, -0.15) is 0 Å². The highest BCUT2D eigenvalue weighted by atomic mass is 79.9. The summed E-state index contributed by atoms with van der Waals surface area (Å²) in [6.45, 7) is 2.38. The van der Waals surface area contributed by atoms with E-state index in [0.717, 1.165) is 10.4 Å². The van der Waals surface area contributed by atoms with Gasteiger partial charge in [0.05, 0.1) is 10.7 Å². The van der Waals surface area contributed by atoms with Gasteiger partial charge in [0.1, 0.15) is 0 Å². The van der Waals surface area contributed by atoms with E-state index in [9.17, 15) is 0 Å². The molecule has 0 radical (unpaired) electrons. The summed E-state index contributed by atoms with van der Waals surface area (Å²) in [6, 6.07) is 6.47. The van der Waals surface area contributed by atoms with E-state index < -0.39 is 0 Å². The predicted octanol–water partition coefficient (Wildman–Crippen LogP) is 5.40. The minimum Gasteiger partial charge on any atom is -0.370 e. The van der Waals surface area contributed by atoms with Crippen molar-refractivity contribution >= 4 is 33.2 Å². The summed E-state index contributed by atoms with van der Waals surface area (Å²) in [4.78, 5) is 2.51. The lowest BCUT2D eigenvalue weighted by Crippen LogP contribution is -2.29. The number of alkyl halides is 1. The zero-order chi connectivity index (χ0) is 13.3. The second-order valence-corrected chi connectivity index (χ2v) is 7.12. The van der Waals surface area contributed by atoms with E-state index in [1.54, 1.807) is 0 Å². The maximum absolute atomic E-state index is 6.45. The van der Waals surface area contributed by atoms with Crippen LogP contribution in [0.15, 0.2) is 18.2 Å². The van der Waals surface area contributed by atoms with Crippen molar-refractivity contribution in [3.05, 3.63) is 28.8 Å². The highest BCUT2D eigenvalue weighted by molar-refractivity contribution is 9.08. The van der Waals surface area contributed by atoms with E-state index in [1.807, 2.05) is 0 Å². The molecule has 1 saturated heterocycles. The Balaban J connectivity index is 1.77. The molecule has 1 spiro atoms. The molecule has 1 aliphatic carbocycles. The number of hydrogen-bond acceptors (Lipinski definition) is 1. The van der Waals surface area contributed by atoms with Crippen LogP contribution in [0.4, 0.5) is 5.69 Å². The fourth-order valence-corrected chi connectivity index (χ4v) is 4.41. The molecule has 2 aliphatic rings. The Hall–Kier alpha value is -0.210. The molecule has 19 heavy (non-hydrogen) atoms. The number of halogens is 2. The molecule has 1 nitrogen and oxygen atoms in total. The first-order valence-electron chi connectivity index (χ1n) is 7.32. The lowest BCUT2D eigenvalue weighted by atomic mass is 9.73. The number of rotatable bonds is 2. The number of hydrogen-bond donors (Lipinski definition) is 0. The van der Waals surface area contributed by atoms with Crippen LogP contribution >= 0.6 is 27.5 Å². The molecule has 0 bridgehead atoms. The maximum Gasteiger partial charge on any atom is 0.0642 e. The van der Waals surface area contributed by atoms with Crippen molar-refractivity contribution in [3.8, 4) is 0 Å². The van der Waals surface area contributed by atoms with Crippen LogP contribution in [-0.2, 0) is 5.33 Å². The summed E-state index contributed by atoms with van der Waals surface area (Å²) in [5.41, 5.74) is 3.07. The average molecular weight is 343 g/mol. The summed E-state index contributed by atoms with van der Waals surface area (Å²) < 4.78 is 0. The highest BCUT2D eigenvalue weighted by Crippen LogP contribution is 2.45. The molecule has 3 heteroatoms. The van der Waals surface area contributed by atoms with Gasteiger partial charge in [0.25, 0.3) is 0 Å². The molecule has 1 saturated carbocycles. The second-order valence-electron chi connectivity index (χ2n) is 6.15. The predicted molar refractivity (Wildman–Crippen MR) is 86.4 cm³/mol.